The number of aryl methyl sites for hydroxylation is 1. The van der Waals surface area contributed by atoms with Crippen molar-refractivity contribution in [1.82, 2.24) is 25.5 Å². The van der Waals surface area contributed by atoms with E-state index in [2.05, 4.69) is 55.7 Å². The van der Waals surface area contributed by atoms with Gasteiger partial charge in [0.2, 0.25) is 0 Å². The molecule has 6 heteroatoms. The number of tetrazole rings is 1. The van der Waals surface area contributed by atoms with Gasteiger partial charge in [-0.15, -0.1) is 10.2 Å². The summed E-state index contributed by atoms with van der Waals surface area (Å²) in [4.78, 5) is 1.46. The highest BCUT2D eigenvalue weighted by atomic mass is 79.9. The van der Waals surface area contributed by atoms with Crippen molar-refractivity contribution >= 4 is 15.9 Å². The van der Waals surface area contributed by atoms with Gasteiger partial charge >= 0.3 is 0 Å². The minimum absolute atomic E-state index is 0.247. The Morgan fingerprint density at radius 2 is 2.29 bits per heavy atom. The summed E-state index contributed by atoms with van der Waals surface area (Å²) in [5.74, 6) is 0.703. The first kappa shape index (κ1) is 12.2. The summed E-state index contributed by atoms with van der Waals surface area (Å²) < 4.78 is 1.08. The molecule has 17 heavy (non-hydrogen) atoms. The Hall–Kier alpha value is -1.27. The molecule has 1 atom stereocenters. The Kier molecular flexibility index (Phi) is 3.86. The van der Waals surface area contributed by atoms with Crippen LogP contribution in [-0.2, 0) is 13.6 Å². The quantitative estimate of drug-likeness (QED) is 0.935. The lowest BCUT2D eigenvalue weighted by Crippen LogP contribution is -2.19. The minimum Gasteiger partial charge on any atom is -0.303 e. The lowest BCUT2D eigenvalue weighted by molar-refractivity contribution is 0.555. The van der Waals surface area contributed by atoms with E-state index in [1.807, 2.05) is 12.1 Å². The Balaban J connectivity index is 1.95. The summed E-state index contributed by atoms with van der Waals surface area (Å²) in [6.45, 7) is 2.72. The molecule has 0 radical (unpaired) electrons. The summed E-state index contributed by atoms with van der Waals surface area (Å²) in [5, 5.41) is 15.2. The maximum absolute atomic E-state index is 4.12. The van der Waals surface area contributed by atoms with Crippen LogP contribution in [0.2, 0.25) is 0 Å². The molecule has 2 aromatic rings. The van der Waals surface area contributed by atoms with Crippen LogP contribution in [0.4, 0.5) is 0 Å². The van der Waals surface area contributed by atoms with Gasteiger partial charge in [0.05, 0.1) is 13.6 Å². The summed E-state index contributed by atoms with van der Waals surface area (Å²) in [6, 6.07) is 8.48. The molecule has 5 nitrogen and oxygen atoms in total. The van der Waals surface area contributed by atoms with Gasteiger partial charge in [0.1, 0.15) is 0 Å². The van der Waals surface area contributed by atoms with Crippen molar-refractivity contribution in [2.75, 3.05) is 0 Å². The zero-order chi connectivity index (χ0) is 12.3. The molecule has 0 aliphatic heterocycles. The molecule has 0 saturated heterocycles. The van der Waals surface area contributed by atoms with Crippen molar-refractivity contribution in [1.29, 1.82) is 0 Å². The zero-order valence-corrected chi connectivity index (χ0v) is 11.3. The largest absolute Gasteiger partial charge is 0.303 e. The smallest absolute Gasteiger partial charge is 0.188 e. The first-order valence-corrected chi connectivity index (χ1v) is 6.16. The van der Waals surface area contributed by atoms with Gasteiger partial charge in [0.15, 0.2) is 5.82 Å². The van der Waals surface area contributed by atoms with Gasteiger partial charge in [-0.25, -0.2) is 0 Å². The van der Waals surface area contributed by atoms with Gasteiger partial charge in [-0.1, -0.05) is 28.1 Å². The molecule has 0 spiro atoms. The molecule has 0 fully saturated rings. The second-order valence-corrected chi connectivity index (χ2v) is 4.77. The molecule has 0 aliphatic rings. The van der Waals surface area contributed by atoms with Gasteiger partial charge in [0, 0.05) is 10.5 Å². The Bertz CT molecular complexity index is 496. The van der Waals surface area contributed by atoms with Crippen LogP contribution in [0.25, 0.3) is 0 Å². The Labute approximate surface area is 108 Å². The number of hydrogen-bond donors (Lipinski definition) is 1. The minimum atomic E-state index is 0.247. The third kappa shape index (κ3) is 3.34. The van der Waals surface area contributed by atoms with E-state index >= 15 is 0 Å². The molecule has 1 aromatic carbocycles. The molecule has 2 rings (SSSR count). The van der Waals surface area contributed by atoms with Crippen LogP contribution in [0.15, 0.2) is 28.7 Å². The average Bonchev–Trinajstić information content (AvgIpc) is 2.72. The van der Waals surface area contributed by atoms with Gasteiger partial charge in [-0.3, -0.25) is 0 Å². The van der Waals surface area contributed by atoms with E-state index < -0.39 is 0 Å². The fraction of sp³-hybridized carbons (Fsp3) is 0.364. The summed E-state index contributed by atoms with van der Waals surface area (Å²) >= 11 is 3.46. The van der Waals surface area contributed by atoms with Crippen LogP contribution in [0.5, 0.6) is 0 Å². The number of rotatable bonds is 4. The number of nitrogens with zero attached hydrogens (tertiary/aromatic N) is 4. The second kappa shape index (κ2) is 5.37. The zero-order valence-electron chi connectivity index (χ0n) is 9.76. The van der Waals surface area contributed by atoms with E-state index in [1.165, 1.54) is 10.4 Å². The van der Waals surface area contributed by atoms with E-state index in [1.54, 1.807) is 7.05 Å². The predicted molar refractivity (Wildman–Crippen MR) is 68.2 cm³/mol. The fourth-order valence-electron chi connectivity index (χ4n) is 1.53. The lowest BCUT2D eigenvalue weighted by Gasteiger charge is -2.12. The molecule has 1 N–H and O–H groups in total. The normalized spacial score (nSPS) is 12.6. The van der Waals surface area contributed by atoms with Crippen molar-refractivity contribution in [3.8, 4) is 0 Å². The highest BCUT2D eigenvalue weighted by molar-refractivity contribution is 9.10. The van der Waals surface area contributed by atoms with Crippen LogP contribution in [0.1, 0.15) is 24.4 Å². The molecule has 90 valence electrons. The molecule has 0 amide bonds. The Morgan fingerprint density at radius 3 is 2.94 bits per heavy atom. The molecule has 0 unspecified atom stereocenters. The van der Waals surface area contributed by atoms with Crippen LogP contribution in [-0.4, -0.2) is 20.2 Å². The van der Waals surface area contributed by atoms with Crippen LogP contribution >= 0.6 is 15.9 Å². The first-order chi connectivity index (χ1) is 8.15. The number of hydrogen-bond acceptors (Lipinski definition) is 4. The summed E-state index contributed by atoms with van der Waals surface area (Å²) in [7, 11) is 1.76. The van der Waals surface area contributed by atoms with Gasteiger partial charge in [-0.05, 0) is 29.8 Å². The van der Waals surface area contributed by atoms with Crippen molar-refractivity contribution in [2.24, 2.45) is 7.05 Å². The maximum atomic E-state index is 4.12. The number of halogens is 1. The van der Waals surface area contributed by atoms with Crippen molar-refractivity contribution in [3.05, 3.63) is 40.1 Å². The van der Waals surface area contributed by atoms with Crippen molar-refractivity contribution in [2.45, 2.75) is 19.5 Å². The number of benzene rings is 1. The SMILES string of the molecule is C[C@H](NCc1nnn(C)n1)c1cccc(Br)c1. The predicted octanol–water partition coefficient (Wildman–Crippen LogP) is 1.82. The molecule has 1 aromatic heterocycles. The third-order valence-electron chi connectivity index (χ3n) is 2.46. The van der Waals surface area contributed by atoms with Crippen molar-refractivity contribution < 1.29 is 0 Å². The van der Waals surface area contributed by atoms with Crippen molar-refractivity contribution in [3.63, 3.8) is 0 Å². The highest BCUT2D eigenvalue weighted by Crippen LogP contribution is 2.17. The molecule has 1 heterocycles. The molecule has 0 saturated carbocycles. The van der Waals surface area contributed by atoms with E-state index in [0.29, 0.717) is 12.4 Å². The fourth-order valence-corrected chi connectivity index (χ4v) is 1.95. The highest BCUT2D eigenvalue weighted by Gasteiger charge is 2.07. The third-order valence-corrected chi connectivity index (χ3v) is 2.96. The topological polar surface area (TPSA) is 55.6 Å². The van der Waals surface area contributed by atoms with E-state index in [0.717, 1.165) is 4.47 Å². The number of aromatic nitrogens is 4. The van der Waals surface area contributed by atoms with E-state index in [-0.39, 0.29) is 6.04 Å². The molecular formula is C11H14BrN5. The molecule has 0 bridgehead atoms. The summed E-state index contributed by atoms with van der Waals surface area (Å²) in [6.07, 6.45) is 0. The summed E-state index contributed by atoms with van der Waals surface area (Å²) in [5.41, 5.74) is 1.23. The van der Waals surface area contributed by atoms with Crippen LogP contribution < -0.4 is 5.32 Å². The molecule has 0 aliphatic carbocycles. The number of nitrogens with one attached hydrogen (secondary N) is 1. The second-order valence-electron chi connectivity index (χ2n) is 3.85. The maximum Gasteiger partial charge on any atom is 0.188 e. The van der Waals surface area contributed by atoms with Crippen LogP contribution in [0, 0.1) is 0 Å². The average molecular weight is 296 g/mol. The van der Waals surface area contributed by atoms with E-state index in [9.17, 15) is 0 Å². The Morgan fingerprint density at radius 1 is 1.47 bits per heavy atom. The standard InChI is InChI=1S/C11H14BrN5/c1-8(9-4-3-5-10(12)6-9)13-7-11-14-16-17(2)15-11/h3-6,8,13H,7H2,1-2H3/t8-/m0/s1. The van der Waals surface area contributed by atoms with Crippen LogP contribution in [0.3, 0.4) is 0 Å². The first-order valence-electron chi connectivity index (χ1n) is 5.37. The molecular weight excluding hydrogens is 282 g/mol. The van der Waals surface area contributed by atoms with Gasteiger partial charge in [-0.2, -0.15) is 4.80 Å². The lowest BCUT2D eigenvalue weighted by atomic mass is 10.1. The van der Waals surface area contributed by atoms with Gasteiger partial charge < -0.3 is 5.32 Å². The van der Waals surface area contributed by atoms with E-state index in [4.69, 9.17) is 0 Å². The van der Waals surface area contributed by atoms with Gasteiger partial charge in [0.25, 0.3) is 0 Å². The monoisotopic (exact) mass is 295 g/mol.